The zero-order valence-corrected chi connectivity index (χ0v) is 12.9. The molecule has 1 atom stereocenters. The zero-order chi connectivity index (χ0) is 15.0. The minimum atomic E-state index is 0.442. The molecule has 1 aliphatic rings. The van der Waals surface area contributed by atoms with Crippen molar-refractivity contribution in [1.29, 1.82) is 0 Å². The lowest BCUT2D eigenvalue weighted by atomic mass is 10.2. The molecular weight excluding hydrogens is 274 g/mol. The van der Waals surface area contributed by atoms with Gasteiger partial charge in [-0.25, -0.2) is 0 Å². The lowest BCUT2D eigenvalue weighted by molar-refractivity contribution is -0.676. The minimum absolute atomic E-state index is 0.442. The second kappa shape index (κ2) is 7.97. The highest BCUT2D eigenvalue weighted by Gasteiger charge is 2.16. The molecule has 1 aliphatic heterocycles. The van der Waals surface area contributed by atoms with Gasteiger partial charge >= 0.3 is 0 Å². The Kier molecular flexibility index (Phi) is 5.46. The highest BCUT2D eigenvalue weighted by molar-refractivity contribution is 5.28. The summed E-state index contributed by atoms with van der Waals surface area (Å²) in [6.45, 7) is 3.57. The van der Waals surface area contributed by atoms with Crippen LogP contribution in [0.4, 0.5) is 0 Å². The molecule has 0 aliphatic carbocycles. The molecule has 0 unspecified atom stereocenters. The first-order chi connectivity index (χ1) is 10.9. The summed E-state index contributed by atoms with van der Waals surface area (Å²) < 4.78 is 11.5. The van der Waals surface area contributed by atoms with Gasteiger partial charge in [-0.3, -0.25) is 0 Å². The van der Waals surface area contributed by atoms with Crippen LogP contribution in [0, 0.1) is 0 Å². The fraction of sp³-hybridized carbons (Fsp3) is 0.368. The van der Waals surface area contributed by atoms with E-state index in [1.807, 2.05) is 24.3 Å². The summed E-state index contributed by atoms with van der Waals surface area (Å²) in [6, 6.07) is 18.6. The van der Waals surface area contributed by atoms with Crippen molar-refractivity contribution in [1.82, 2.24) is 0 Å². The van der Waals surface area contributed by atoms with Gasteiger partial charge in [0.15, 0.2) is 0 Å². The van der Waals surface area contributed by atoms with Gasteiger partial charge in [0.1, 0.15) is 31.5 Å². The van der Waals surface area contributed by atoms with Crippen molar-refractivity contribution in [2.45, 2.75) is 32.1 Å². The SMILES string of the molecule is c1ccc(COc2cccc(C[NH2+]C[C@H]3CCCO3)c2)cc1. The first kappa shape index (κ1) is 15.1. The predicted octanol–water partition coefficient (Wildman–Crippen LogP) is 2.51. The van der Waals surface area contributed by atoms with Gasteiger partial charge in [-0.1, -0.05) is 42.5 Å². The molecule has 0 saturated carbocycles. The molecule has 3 nitrogen and oxygen atoms in total. The highest BCUT2D eigenvalue weighted by atomic mass is 16.5. The molecule has 1 fully saturated rings. The van der Waals surface area contributed by atoms with E-state index in [2.05, 4.69) is 35.6 Å². The fourth-order valence-corrected chi connectivity index (χ4v) is 2.77. The number of hydrogen-bond acceptors (Lipinski definition) is 2. The summed E-state index contributed by atoms with van der Waals surface area (Å²) in [5, 5.41) is 2.33. The van der Waals surface area contributed by atoms with Crippen molar-refractivity contribution in [3.05, 3.63) is 65.7 Å². The molecule has 2 N–H and O–H groups in total. The molecule has 2 aromatic carbocycles. The summed E-state index contributed by atoms with van der Waals surface area (Å²) in [5.74, 6) is 0.937. The van der Waals surface area contributed by atoms with Gasteiger partial charge in [-0.2, -0.15) is 0 Å². The van der Waals surface area contributed by atoms with E-state index in [1.54, 1.807) is 0 Å². The smallest absolute Gasteiger partial charge is 0.120 e. The minimum Gasteiger partial charge on any atom is -0.489 e. The maximum atomic E-state index is 5.87. The van der Waals surface area contributed by atoms with Crippen molar-refractivity contribution < 1.29 is 14.8 Å². The average Bonchev–Trinajstić information content (AvgIpc) is 3.08. The van der Waals surface area contributed by atoms with Crippen LogP contribution in [0.1, 0.15) is 24.0 Å². The first-order valence-corrected chi connectivity index (χ1v) is 8.09. The van der Waals surface area contributed by atoms with Gasteiger partial charge in [-0.15, -0.1) is 0 Å². The molecule has 3 heteroatoms. The van der Waals surface area contributed by atoms with Gasteiger partial charge in [0.2, 0.25) is 0 Å². The van der Waals surface area contributed by atoms with E-state index in [9.17, 15) is 0 Å². The molecule has 0 aromatic heterocycles. The van der Waals surface area contributed by atoms with Gasteiger partial charge in [-0.05, 0) is 30.5 Å². The van der Waals surface area contributed by atoms with E-state index in [-0.39, 0.29) is 0 Å². The molecule has 1 heterocycles. The Hall–Kier alpha value is -1.84. The zero-order valence-electron chi connectivity index (χ0n) is 12.9. The Bertz CT molecular complexity index is 565. The summed E-state index contributed by atoms with van der Waals surface area (Å²) >= 11 is 0. The summed E-state index contributed by atoms with van der Waals surface area (Å²) in [7, 11) is 0. The molecule has 22 heavy (non-hydrogen) atoms. The van der Waals surface area contributed by atoms with Gasteiger partial charge in [0.05, 0.1) is 0 Å². The van der Waals surface area contributed by atoms with E-state index in [0.29, 0.717) is 12.7 Å². The molecule has 0 amide bonds. The van der Waals surface area contributed by atoms with Crippen LogP contribution in [0.5, 0.6) is 5.75 Å². The van der Waals surface area contributed by atoms with Crippen LogP contribution >= 0.6 is 0 Å². The van der Waals surface area contributed by atoms with Crippen molar-refractivity contribution in [2.75, 3.05) is 13.2 Å². The molecule has 116 valence electrons. The fourth-order valence-electron chi connectivity index (χ4n) is 2.77. The van der Waals surface area contributed by atoms with Crippen molar-refractivity contribution in [3.8, 4) is 5.75 Å². The van der Waals surface area contributed by atoms with Crippen LogP contribution < -0.4 is 10.1 Å². The monoisotopic (exact) mass is 298 g/mol. The number of ether oxygens (including phenoxy) is 2. The second-order valence-corrected chi connectivity index (χ2v) is 5.79. The van der Waals surface area contributed by atoms with Crippen LogP contribution in [0.15, 0.2) is 54.6 Å². The topological polar surface area (TPSA) is 35.1 Å². The Balaban J connectivity index is 1.47. The van der Waals surface area contributed by atoms with Crippen LogP contribution in [-0.2, 0) is 17.9 Å². The van der Waals surface area contributed by atoms with Gasteiger partial charge in [0.25, 0.3) is 0 Å². The first-order valence-electron chi connectivity index (χ1n) is 8.09. The van der Waals surface area contributed by atoms with Gasteiger partial charge < -0.3 is 14.8 Å². The molecule has 0 radical (unpaired) electrons. The maximum absolute atomic E-state index is 5.87. The molecule has 3 rings (SSSR count). The molecule has 0 spiro atoms. The number of rotatable bonds is 7. The van der Waals surface area contributed by atoms with Crippen molar-refractivity contribution in [2.24, 2.45) is 0 Å². The molecule has 2 aromatic rings. The number of nitrogens with two attached hydrogens (primary N) is 1. The Morgan fingerprint density at radius 3 is 2.73 bits per heavy atom. The van der Waals surface area contributed by atoms with E-state index < -0.39 is 0 Å². The maximum Gasteiger partial charge on any atom is 0.120 e. The molecule has 0 bridgehead atoms. The summed E-state index contributed by atoms with van der Waals surface area (Å²) in [6.07, 6.45) is 2.86. The van der Waals surface area contributed by atoms with Crippen LogP contribution in [0.2, 0.25) is 0 Å². The largest absolute Gasteiger partial charge is 0.489 e. The van der Waals surface area contributed by atoms with Gasteiger partial charge in [0, 0.05) is 12.2 Å². The van der Waals surface area contributed by atoms with Crippen molar-refractivity contribution >= 4 is 0 Å². The Labute approximate surface area is 132 Å². The van der Waals surface area contributed by atoms with Crippen LogP contribution in [0.3, 0.4) is 0 Å². The lowest BCUT2D eigenvalue weighted by Crippen LogP contribution is -2.84. The number of hydrogen-bond donors (Lipinski definition) is 1. The van der Waals surface area contributed by atoms with E-state index >= 15 is 0 Å². The Morgan fingerprint density at radius 1 is 1.05 bits per heavy atom. The normalized spacial score (nSPS) is 17.5. The second-order valence-electron chi connectivity index (χ2n) is 5.79. The van der Waals surface area contributed by atoms with Crippen LogP contribution in [0.25, 0.3) is 0 Å². The standard InChI is InChI=1S/C19H23NO2/c1-2-6-16(7-3-1)15-22-18-9-4-8-17(12-18)13-20-14-19-10-5-11-21-19/h1-4,6-9,12,19-20H,5,10-11,13-15H2/p+1/t19-/m1/s1. The van der Waals surface area contributed by atoms with E-state index in [4.69, 9.17) is 9.47 Å². The molecular formula is C19H24NO2+. The number of quaternary nitrogens is 1. The third-order valence-electron chi connectivity index (χ3n) is 3.98. The van der Waals surface area contributed by atoms with Crippen LogP contribution in [-0.4, -0.2) is 19.3 Å². The number of benzene rings is 2. The van der Waals surface area contributed by atoms with E-state index in [0.717, 1.165) is 25.4 Å². The predicted molar refractivity (Wildman–Crippen MR) is 86.7 cm³/mol. The van der Waals surface area contributed by atoms with E-state index in [1.165, 1.54) is 24.0 Å². The third-order valence-corrected chi connectivity index (χ3v) is 3.98. The average molecular weight is 298 g/mol. The summed E-state index contributed by atoms with van der Waals surface area (Å²) in [4.78, 5) is 0. The third kappa shape index (κ3) is 4.58. The highest BCUT2D eigenvalue weighted by Crippen LogP contribution is 2.15. The molecule has 1 saturated heterocycles. The quantitative estimate of drug-likeness (QED) is 0.852. The lowest BCUT2D eigenvalue weighted by Gasteiger charge is -2.10. The summed E-state index contributed by atoms with van der Waals surface area (Å²) in [5.41, 5.74) is 2.49. The Morgan fingerprint density at radius 2 is 1.91 bits per heavy atom. The van der Waals surface area contributed by atoms with Crippen molar-refractivity contribution in [3.63, 3.8) is 0 Å².